The molecule has 0 aliphatic carbocycles. The third-order valence-electron chi connectivity index (χ3n) is 5.59. The molecule has 0 saturated heterocycles. The number of anilines is 1. The van der Waals surface area contributed by atoms with Crippen molar-refractivity contribution in [1.82, 2.24) is 35.0 Å². The van der Waals surface area contributed by atoms with Crippen molar-refractivity contribution >= 4 is 34.4 Å². The first kappa shape index (κ1) is 22.8. The zero-order valence-electron chi connectivity index (χ0n) is 20.0. The molecule has 0 unspecified atom stereocenters. The van der Waals surface area contributed by atoms with E-state index in [9.17, 15) is 4.79 Å². The fourth-order valence-electron chi connectivity index (χ4n) is 3.99. The Balaban J connectivity index is 1.57. The van der Waals surface area contributed by atoms with Gasteiger partial charge < -0.3 is 9.73 Å². The molecule has 5 aromatic rings. The number of amides is 1. The number of hydrogen-bond acceptors (Lipinski definition) is 8. The third kappa shape index (κ3) is 4.18. The predicted octanol–water partition coefficient (Wildman–Crippen LogP) is 4.84. The van der Waals surface area contributed by atoms with Crippen LogP contribution in [0, 0.1) is 13.8 Å². The van der Waals surface area contributed by atoms with E-state index in [1.54, 1.807) is 16.9 Å². The van der Waals surface area contributed by atoms with E-state index in [4.69, 9.17) is 9.40 Å². The van der Waals surface area contributed by atoms with Gasteiger partial charge in [-0.25, -0.2) is 9.67 Å². The lowest BCUT2D eigenvalue weighted by Crippen LogP contribution is -2.14. The summed E-state index contributed by atoms with van der Waals surface area (Å²) < 4.78 is 9.16. The van der Waals surface area contributed by atoms with Crippen molar-refractivity contribution in [3.05, 3.63) is 59.7 Å². The van der Waals surface area contributed by atoms with Crippen LogP contribution in [0.25, 0.3) is 28.0 Å². The summed E-state index contributed by atoms with van der Waals surface area (Å²) in [4.78, 5) is 18.4. The van der Waals surface area contributed by atoms with E-state index in [0.29, 0.717) is 33.1 Å². The number of rotatable bonds is 6. The van der Waals surface area contributed by atoms with Gasteiger partial charge in [0.05, 0.1) is 28.5 Å². The van der Waals surface area contributed by atoms with Crippen molar-refractivity contribution in [3.8, 4) is 16.9 Å². The molecule has 5 rings (SSSR count). The number of furan rings is 1. The average Bonchev–Trinajstić information content (AvgIpc) is 3.56. The Hall–Kier alpha value is -3.99. The molecule has 0 bridgehead atoms. The molecule has 178 valence electrons. The van der Waals surface area contributed by atoms with Gasteiger partial charge in [-0.15, -0.1) is 5.10 Å². The Morgan fingerprint density at radius 2 is 2.00 bits per heavy atom. The van der Waals surface area contributed by atoms with E-state index < -0.39 is 0 Å². The lowest BCUT2D eigenvalue weighted by molar-refractivity contribution is 0.102. The molecule has 0 spiro atoms. The molecular weight excluding hydrogens is 464 g/mol. The van der Waals surface area contributed by atoms with Crippen LogP contribution in [0.5, 0.6) is 0 Å². The van der Waals surface area contributed by atoms with Crippen LogP contribution in [0.15, 0.2) is 52.2 Å². The standard InChI is InChI=1S/C24H24N8O2S/c1-13(2)31-22-20(12-25-31)19(11-21(27-22)18-9-14(3)34-15(18)4)23(33)26-16-7-6-8-17(10-16)32-24(35-5)28-29-30-32/h6-13H,1-5H3,(H,26,33). The van der Waals surface area contributed by atoms with Gasteiger partial charge in [-0.05, 0) is 74.7 Å². The highest BCUT2D eigenvalue weighted by atomic mass is 32.2. The molecule has 0 aliphatic rings. The van der Waals surface area contributed by atoms with Crippen molar-refractivity contribution in [1.29, 1.82) is 0 Å². The fraction of sp³-hybridized carbons (Fsp3) is 0.250. The first-order valence-corrected chi connectivity index (χ1v) is 12.3. The van der Waals surface area contributed by atoms with Gasteiger partial charge in [0.1, 0.15) is 11.5 Å². The predicted molar refractivity (Wildman–Crippen MR) is 134 cm³/mol. The Morgan fingerprint density at radius 1 is 1.17 bits per heavy atom. The average molecular weight is 489 g/mol. The Morgan fingerprint density at radius 3 is 2.71 bits per heavy atom. The van der Waals surface area contributed by atoms with E-state index in [1.807, 2.05) is 69.0 Å². The molecule has 35 heavy (non-hydrogen) atoms. The topological polar surface area (TPSA) is 117 Å². The second kappa shape index (κ2) is 8.99. The first-order chi connectivity index (χ1) is 16.9. The maximum absolute atomic E-state index is 13.6. The number of thioether (sulfide) groups is 1. The highest BCUT2D eigenvalue weighted by molar-refractivity contribution is 7.98. The summed E-state index contributed by atoms with van der Waals surface area (Å²) in [5, 5.41) is 20.6. The van der Waals surface area contributed by atoms with Crippen LogP contribution in [0.2, 0.25) is 0 Å². The molecule has 0 atom stereocenters. The number of aromatic nitrogens is 7. The molecular formula is C24H24N8O2S. The van der Waals surface area contributed by atoms with Gasteiger partial charge in [0.2, 0.25) is 5.16 Å². The van der Waals surface area contributed by atoms with Gasteiger partial charge >= 0.3 is 0 Å². The molecule has 0 fully saturated rings. The van der Waals surface area contributed by atoms with Crippen LogP contribution in [0.4, 0.5) is 5.69 Å². The Bertz CT molecular complexity index is 1550. The molecule has 1 N–H and O–H groups in total. The van der Waals surface area contributed by atoms with Gasteiger partial charge in [-0.2, -0.15) is 9.78 Å². The minimum absolute atomic E-state index is 0.0805. The molecule has 1 amide bonds. The number of pyridine rings is 1. The van der Waals surface area contributed by atoms with Crippen LogP contribution < -0.4 is 5.32 Å². The minimum Gasteiger partial charge on any atom is -0.466 e. The van der Waals surface area contributed by atoms with Crippen molar-refractivity contribution in [2.75, 3.05) is 11.6 Å². The van der Waals surface area contributed by atoms with Crippen molar-refractivity contribution in [2.24, 2.45) is 0 Å². The molecule has 0 saturated carbocycles. The molecule has 4 heterocycles. The monoisotopic (exact) mass is 488 g/mol. The normalized spacial score (nSPS) is 11.5. The SMILES string of the molecule is CSc1nnnn1-c1cccc(NC(=O)c2cc(-c3cc(C)oc3C)nc3c2cnn3C(C)C)c1. The summed E-state index contributed by atoms with van der Waals surface area (Å²) >= 11 is 1.44. The van der Waals surface area contributed by atoms with E-state index in [1.165, 1.54) is 11.8 Å². The van der Waals surface area contributed by atoms with Crippen LogP contribution in [-0.2, 0) is 0 Å². The van der Waals surface area contributed by atoms with Crippen LogP contribution in [-0.4, -0.2) is 47.1 Å². The smallest absolute Gasteiger partial charge is 0.256 e. The maximum Gasteiger partial charge on any atom is 0.256 e. The number of carbonyl (C=O) groups is 1. The number of benzene rings is 1. The summed E-state index contributed by atoms with van der Waals surface area (Å²) in [5.41, 5.74) is 4.00. The number of nitrogens with zero attached hydrogens (tertiary/aromatic N) is 7. The van der Waals surface area contributed by atoms with Gasteiger partial charge in [0, 0.05) is 17.3 Å². The quantitative estimate of drug-likeness (QED) is 0.338. The minimum atomic E-state index is -0.265. The Kier molecular flexibility index (Phi) is 5.85. The number of fused-ring (bicyclic) bond motifs is 1. The summed E-state index contributed by atoms with van der Waals surface area (Å²) in [6.45, 7) is 7.84. The highest BCUT2D eigenvalue weighted by Gasteiger charge is 2.21. The van der Waals surface area contributed by atoms with E-state index in [0.717, 1.165) is 22.8 Å². The van der Waals surface area contributed by atoms with Crippen molar-refractivity contribution in [3.63, 3.8) is 0 Å². The molecule has 10 nitrogen and oxygen atoms in total. The number of tetrazole rings is 1. The van der Waals surface area contributed by atoms with Gasteiger partial charge in [0.15, 0.2) is 5.65 Å². The third-order valence-corrected chi connectivity index (χ3v) is 6.21. The number of carbonyl (C=O) groups excluding carboxylic acids is 1. The van der Waals surface area contributed by atoms with Gasteiger partial charge in [-0.3, -0.25) is 4.79 Å². The lowest BCUT2D eigenvalue weighted by Gasteiger charge is -2.11. The molecule has 4 aromatic heterocycles. The molecule has 1 aromatic carbocycles. The molecule has 0 aliphatic heterocycles. The van der Waals surface area contributed by atoms with Gasteiger partial charge in [-0.1, -0.05) is 17.8 Å². The zero-order valence-corrected chi connectivity index (χ0v) is 20.8. The fourth-order valence-corrected chi connectivity index (χ4v) is 4.42. The largest absolute Gasteiger partial charge is 0.466 e. The zero-order chi connectivity index (χ0) is 24.7. The van der Waals surface area contributed by atoms with Crippen LogP contribution in [0.3, 0.4) is 0 Å². The van der Waals surface area contributed by atoms with E-state index >= 15 is 0 Å². The second-order valence-electron chi connectivity index (χ2n) is 8.38. The molecule has 0 radical (unpaired) electrons. The van der Waals surface area contributed by atoms with Crippen LogP contribution >= 0.6 is 11.8 Å². The summed E-state index contributed by atoms with van der Waals surface area (Å²) in [6.07, 6.45) is 3.59. The Labute approximate surface area is 205 Å². The van der Waals surface area contributed by atoms with Crippen molar-refractivity contribution in [2.45, 2.75) is 38.9 Å². The second-order valence-corrected chi connectivity index (χ2v) is 9.16. The first-order valence-electron chi connectivity index (χ1n) is 11.1. The van der Waals surface area contributed by atoms with Crippen LogP contribution in [0.1, 0.15) is 41.8 Å². The maximum atomic E-state index is 13.6. The van der Waals surface area contributed by atoms with Crippen molar-refractivity contribution < 1.29 is 9.21 Å². The summed E-state index contributed by atoms with van der Waals surface area (Å²) in [6, 6.07) is 11.2. The number of nitrogens with one attached hydrogen (secondary N) is 1. The summed E-state index contributed by atoms with van der Waals surface area (Å²) in [5.74, 6) is 1.26. The highest BCUT2D eigenvalue weighted by Crippen LogP contribution is 2.30. The van der Waals surface area contributed by atoms with E-state index in [-0.39, 0.29) is 11.9 Å². The molecule has 11 heteroatoms. The van der Waals surface area contributed by atoms with Gasteiger partial charge in [0.25, 0.3) is 5.91 Å². The number of hydrogen-bond donors (Lipinski definition) is 1. The van der Waals surface area contributed by atoms with E-state index in [2.05, 4.69) is 25.9 Å². The lowest BCUT2D eigenvalue weighted by atomic mass is 10.1. The number of aryl methyl sites for hydroxylation is 2. The summed E-state index contributed by atoms with van der Waals surface area (Å²) in [7, 11) is 0.